The van der Waals surface area contributed by atoms with Gasteiger partial charge in [-0.15, -0.1) is 0 Å². The Labute approximate surface area is 150 Å². The fourth-order valence-corrected chi connectivity index (χ4v) is 3.16. The maximum Gasteiger partial charge on any atom is 0.293 e. The van der Waals surface area contributed by atoms with Crippen molar-refractivity contribution in [1.82, 2.24) is 4.98 Å². The first-order valence-corrected chi connectivity index (χ1v) is 8.44. The van der Waals surface area contributed by atoms with Crippen molar-refractivity contribution in [2.75, 3.05) is 23.3 Å². The number of carbonyl (C=O) groups is 1. The maximum atomic E-state index is 12.4. The number of nitro groups is 1. The van der Waals surface area contributed by atoms with Crippen molar-refractivity contribution in [3.05, 3.63) is 52.2 Å². The first kappa shape index (κ1) is 17.7. The van der Waals surface area contributed by atoms with Gasteiger partial charge in [0.1, 0.15) is 5.69 Å². The topological polar surface area (TPSA) is 109 Å². The minimum Gasteiger partial charge on any atom is -0.504 e. The summed E-state index contributed by atoms with van der Waals surface area (Å²) in [4.78, 5) is 29.3. The Bertz CT molecular complexity index is 840. The van der Waals surface area contributed by atoms with Crippen LogP contribution in [0.5, 0.6) is 5.75 Å². The number of rotatable bonds is 4. The van der Waals surface area contributed by atoms with Crippen LogP contribution in [0.25, 0.3) is 0 Å². The van der Waals surface area contributed by atoms with Gasteiger partial charge in [-0.05, 0) is 43.0 Å². The summed E-state index contributed by atoms with van der Waals surface area (Å²) in [5.41, 5.74) is 0.561. The molecule has 0 radical (unpaired) electrons. The molecular formula is C18H20N4O4. The summed E-state index contributed by atoms with van der Waals surface area (Å²) in [6.07, 6.45) is 3.52. The lowest BCUT2D eigenvalue weighted by molar-refractivity contribution is -0.384. The molecule has 0 aliphatic carbocycles. The van der Waals surface area contributed by atoms with E-state index in [4.69, 9.17) is 0 Å². The highest BCUT2D eigenvalue weighted by Gasteiger charge is 2.25. The van der Waals surface area contributed by atoms with Gasteiger partial charge in [-0.1, -0.05) is 6.92 Å². The number of anilines is 2. The zero-order chi connectivity index (χ0) is 18.7. The lowest BCUT2D eigenvalue weighted by atomic mass is 9.99. The molecule has 1 aromatic heterocycles. The molecule has 1 fully saturated rings. The molecular weight excluding hydrogens is 336 g/mol. The summed E-state index contributed by atoms with van der Waals surface area (Å²) in [5, 5.41) is 23.7. The first-order chi connectivity index (χ1) is 12.5. The number of benzene rings is 1. The summed E-state index contributed by atoms with van der Waals surface area (Å²) in [5.74, 6) is -0.262. The number of pyridine rings is 1. The van der Waals surface area contributed by atoms with E-state index in [1.165, 1.54) is 24.4 Å². The van der Waals surface area contributed by atoms with E-state index in [1.54, 1.807) is 12.1 Å². The van der Waals surface area contributed by atoms with Crippen molar-refractivity contribution in [1.29, 1.82) is 0 Å². The number of amides is 1. The molecule has 1 saturated heterocycles. The molecule has 3 rings (SSSR count). The lowest BCUT2D eigenvalue weighted by Gasteiger charge is -2.32. The Balaban J connectivity index is 1.87. The van der Waals surface area contributed by atoms with Crippen molar-refractivity contribution in [2.45, 2.75) is 19.8 Å². The molecule has 0 saturated carbocycles. The third kappa shape index (κ3) is 3.74. The van der Waals surface area contributed by atoms with Gasteiger partial charge in [0, 0.05) is 30.9 Å². The number of hydrogen-bond acceptors (Lipinski definition) is 6. The van der Waals surface area contributed by atoms with Crippen LogP contribution >= 0.6 is 0 Å². The van der Waals surface area contributed by atoms with Gasteiger partial charge < -0.3 is 15.3 Å². The summed E-state index contributed by atoms with van der Waals surface area (Å²) in [7, 11) is 0. The van der Waals surface area contributed by atoms with Crippen LogP contribution in [0.4, 0.5) is 17.2 Å². The summed E-state index contributed by atoms with van der Waals surface area (Å²) in [6, 6.07) is 7.36. The summed E-state index contributed by atoms with van der Waals surface area (Å²) >= 11 is 0. The molecule has 1 aliphatic heterocycles. The summed E-state index contributed by atoms with van der Waals surface area (Å²) < 4.78 is 0. The van der Waals surface area contributed by atoms with Crippen LogP contribution in [-0.4, -0.2) is 34.0 Å². The molecule has 8 nitrogen and oxygen atoms in total. The normalized spacial score (nSPS) is 17.0. The van der Waals surface area contributed by atoms with E-state index in [0.717, 1.165) is 25.9 Å². The average molecular weight is 356 g/mol. The van der Waals surface area contributed by atoms with E-state index < -0.39 is 10.8 Å². The van der Waals surface area contributed by atoms with Crippen LogP contribution in [0.1, 0.15) is 30.1 Å². The van der Waals surface area contributed by atoms with Crippen LogP contribution < -0.4 is 10.2 Å². The Morgan fingerprint density at radius 3 is 2.92 bits per heavy atom. The number of nitro benzene ring substituents is 1. The zero-order valence-electron chi connectivity index (χ0n) is 14.4. The molecule has 8 heteroatoms. The quantitative estimate of drug-likeness (QED) is 0.643. The molecule has 2 N–H and O–H groups in total. The smallest absolute Gasteiger partial charge is 0.293 e. The molecule has 0 spiro atoms. The van der Waals surface area contributed by atoms with Gasteiger partial charge in [0.05, 0.1) is 4.92 Å². The van der Waals surface area contributed by atoms with Gasteiger partial charge in [0.2, 0.25) is 0 Å². The molecule has 1 aliphatic rings. The second kappa shape index (κ2) is 7.38. The number of aromatic hydroxyl groups is 1. The summed E-state index contributed by atoms with van der Waals surface area (Å²) in [6.45, 7) is 3.64. The molecule has 1 unspecified atom stereocenters. The SMILES string of the molecule is CC1CCCN(c2ccc(C(=O)Nc3ncccc3O)cc2[N+](=O)[O-])C1. The first-order valence-electron chi connectivity index (χ1n) is 8.44. The predicted octanol–water partition coefficient (Wildman–Crippen LogP) is 3.18. The zero-order valence-corrected chi connectivity index (χ0v) is 14.4. The van der Waals surface area contributed by atoms with E-state index in [9.17, 15) is 20.0 Å². The molecule has 136 valence electrons. The van der Waals surface area contributed by atoms with Crippen LogP contribution in [0.15, 0.2) is 36.5 Å². The Hall–Kier alpha value is -3.16. The lowest BCUT2D eigenvalue weighted by Crippen LogP contribution is -2.34. The van der Waals surface area contributed by atoms with Crippen LogP contribution in [0.3, 0.4) is 0 Å². The second-order valence-corrected chi connectivity index (χ2v) is 6.48. The number of nitrogens with one attached hydrogen (secondary N) is 1. The highest BCUT2D eigenvalue weighted by Crippen LogP contribution is 2.32. The fourth-order valence-electron chi connectivity index (χ4n) is 3.16. The van der Waals surface area contributed by atoms with Gasteiger partial charge in [0.25, 0.3) is 11.6 Å². The highest BCUT2D eigenvalue weighted by molar-refractivity contribution is 6.05. The van der Waals surface area contributed by atoms with Crippen molar-refractivity contribution in [3.8, 4) is 5.75 Å². The van der Waals surface area contributed by atoms with Crippen LogP contribution in [0, 0.1) is 16.0 Å². The van der Waals surface area contributed by atoms with E-state index in [-0.39, 0.29) is 22.8 Å². The van der Waals surface area contributed by atoms with E-state index in [2.05, 4.69) is 17.2 Å². The standard InChI is InChI=1S/C18H20N4O4/c1-12-4-3-9-21(11-12)14-7-6-13(10-15(14)22(25)26)18(24)20-17-16(23)5-2-8-19-17/h2,5-8,10,12,23H,3-4,9,11H2,1H3,(H,19,20,24). The molecule has 0 bridgehead atoms. The van der Waals surface area contributed by atoms with Crippen molar-refractivity contribution < 1.29 is 14.8 Å². The van der Waals surface area contributed by atoms with Gasteiger partial charge in [-0.2, -0.15) is 0 Å². The highest BCUT2D eigenvalue weighted by atomic mass is 16.6. The molecule has 1 amide bonds. The van der Waals surface area contributed by atoms with Crippen molar-refractivity contribution in [3.63, 3.8) is 0 Å². The van der Waals surface area contributed by atoms with E-state index in [0.29, 0.717) is 11.6 Å². The van der Waals surface area contributed by atoms with Gasteiger partial charge >= 0.3 is 0 Å². The minimum atomic E-state index is -0.569. The molecule has 26 heavy (non-hydrogen) atoms. The van der Waals surface area contributed by atoms with E-state index >= 15 is 0 Å². The third-order valence-electron chi connectivity index (χ3n) is 4.45. The minimum absolute atomic E-state index is 0.00841. The number of carbonyl (C=O) groups excluding carboxylic acids is 1. The van der Waals surface area contributed by atoms with Crippen LogP contribution in [-0.2, 0) is 0 Å². The van der Waals surface area contributed by atoms with Crippen LogP contribution in [0.2, 0.25) is 0 Å². The predicted molar refractivity (Wildman–Crippen MR) is 97.6 cm³/mol. The molecule has 2 aromatic rings. The fraction of sp³-hybridized carbons (Fsp3) is 0.333. The number of aromatic nitrogens is 1. The van der Waals surface area contributed by atoms with Gasteiger partial charge in [-0.3, -0.25) is 14.9 Å². The number of hydrogen-bond donors (Lipinski definition) is 2. The third-order valence-corrected chi connectivity index (χ3v) is 4.45. The number of piperidine rings is 1. The Morgan fingerprint density at radius 2 is 2.23 bits per heavy atom. The second-order valence-electron chi connectivity index (χ2n) is 6.48. The Kier molecular flexibility index (Phi) is 5.01. The Morgan fingerprint density at radius 1 is 1.42 bits per heavy atom. The molecule has 1 aromatic carbocycles. The maximum absolute atomic E-state index is 12.4. The van der Waals surface area contributed by atoms with Gasteiger partial charge in [0.15, 0.2) is 11.6 Å². The monoisotopic (exact) mass is 356 g/mol. The largest absolute Gasteiger partial charge is 0.504 e. The molecule has 1 atom stereocenters. The van der Waals surface area contributed by atoms with E-state index in [1.807, 2.05) is 4.90 Å². The number of nitrogens with zero attached hydrogens (tertiary/aromatic N) is 3. The molecule has 2 heterocycles. The van der Waals surface area contributed by atoms with Crippen molar-refractivity contribution in [2.24, 2.45) is 5.92 Å². The van der Waals surface area contributed by atoms with Crippen molar-refractivity contribution >= 4 is 23.1 Å². The average Bonchev–Trinajstić information content (AvgIpc) is 2.63. The van der Waals surface area contributed by atoms with Gasteiger partial charge in [-0.25, -0.2) is 4.98 Å².